The van der Waals surface area contributed by atoms with Gasteiger partial charge < -0.3 is 0 Å². The van der Waals surface area contributed by atoms with Crippen LogP contribution in [0.4, 0.5) is 5.69 Å². The molecular formula is C17H14INO2. The molecule has 2 bridgehead atoms. The van der Waals surface area contributed by atoms with E-state index in [1.165, 1.54) is 17.7 Å². The SMILES string of the molecule is O=C1[C@@H]2[C@H](C(=O)N1c1ccccc1I)[C@H]1C=C[C@H]2C12CC2. The molecule has 3 aliphatic carbocycles. The molecule has 0 unspecified atom stereocenters. The van der Waals surface area contributed by atoms with Crippen molar-refractivity contribution in [2.45, 2.75) is 12.8 Å². The predicted molar refractivity (Wildman–Crippen MR) is 86.4 cm³/mol. The van der Waals surface area contributed by atoms with Crippen LogP contribution in [0.15, 0.2) is 36.4 Å². The number of hydrogen-bond acceptors (Lipinski definition) is 2. The van der Waals surface area contributed by atoms with Crippen molar-refractivity contribution in [1.82, 2.24) is 0 Å². The normalized spacial score (nSPS) is 37.7. The van der Waals surface area contributed by atoms with Crippen molar-refractivity contribution in [3.8, 4) is 0 Å². The number of benzene rings is 1. The molecule has 4 heteroatoms. The Balaban J connectivity index is 1.61. The molecule has 5 rings (SSSR count). The van der Waals surface area contributed by atoms with Gasteiger partial charge in [-0.25, -0.2) is 4.90 Å². The largest absolute Gasteiger partial charge is 0.274 e. The van der Waals surface area contributed by atoms with Crippen molar-refractivity contribution in [2.24, 2.45) is 29.1 Å². The zero-order valence-corrected chi connectivity index (χ0v) is 13.5. The highest BCUT2D eigenvalue weighted by atomic mass is 127. The van der Waals surface area contributed by atoms with Crippen molar-refractivity contribution in [2.75, 3.05) is 4.90 Å². The van der Waals surface area contributed by atoms with Crippen LogP contribution in [0.2, 0.25) is 0 Å². The van der Waals surface area contributed by atoms with E-state index >= 15 is 0 Å². The molecular weight excluding hydrogens is 377 g/mol. The van der Waals surface area contributed by atoms with Gasteiger partial charge in [-0.15, -0.1) is 0 Å². The molecule has 0 radical (unpaired) electrons. The minimum atomic E-state index is -0.106. The Labute approximate surface area is 136 Å². The fourth-order valence-corrected chi connectivity index (χ4v) is 5.58. The fraction of sp³-hybridized carbons (Fsp3) is 0.412. The third-order valence-corrected chi connectivity index (χ3v) is 6.86. The zero-order chi connectivity index (χ0) is 14.4. The number of carbonyl (C=O) groups is 2. The Kier molecular flexibility index (Phi) is 2.22. The van der Waals surface area contributed by atoms with Gasteiger partial charge in [-0.3, -0.25) is 9.59 Å². The second kappa shape index (κ2) is 3.77. The second-order valence-corrected chi connectivity index (χ2v) is 7.85. The minimum Gasteiger partial charge on any atom is -0.274 e. The summed E-state index contributed by atoms with van der Waals surface area (Å²) in [5.41, 5.74) is 1.03. The van der Waals surface area contributed by atoms with Crippen LogP contribution in [0.25, 0.3) is 0 Å². The average Bonchev–Trinajstić information content (AvgIpc) is 3.07. The van der Waals surface area contributed by atoms with Gasteiger partial charge in [0.05, 0.1) is 17.5 Å². The molecule has 3 nitrogen and oxygen atoms in total. The molecule has 106 valence electrons. The Morgan fingerprint density at radius 2 is 1.57 bits per heavy atom. The molecule has 0 aromatic heterocycles. The van der Waals surface area contributed by atoms with E-state index in [2.05, 4.69) is 34.7 Å². The first-order chi connectivity index (χ1) is 10.1. The van der Waals surface area contributed by atoms with Gasteiger partial charge in [0.1, 0.15) is 0 Å². The van der Waals surface area contributed by atoms with Crippen LogP contribution >= 0.6 is 22.6 Å². The number of imide groups is 1. The fourth-order valence-electron chi connectivity index (χ4n) is 4.95. The lowest BCUT2D eigenvalue weighted by Crippen LogP contribution is -2.35. The maximum Gasteiger partial charge on any atom is 0.238 e. The summed E-state index contributed by atoms with van der Waals surface area (Å²) in [6.07, 6.45) is 6.80. The number of para-hydroxylation sites is 1. The molecule has 21 heavy (non-hydrogen) atoms. The second-order valence-electron chi connectivity index (χ2n) is 6.68. The maximum absolute atomic E-state index is 12.9. The molecule has 4 atom stereocenters. The molecule has 3 fully saturated rings. The van der Waals surface area contributed by atoms with Gasteiger partial charge in [0.15, 0.2) is 0 Å². The van der Waals surface area contributed by atoms with E-state index in [0.29, 0.717) is 11.8 Å². The van der Waals surface area contributed by atoms with Gasteiger partial charge in [0.25, 0.3) is 0 Å². The van der Waals surface area contributed by atoms with E-state index in [1.54, 1.807) is 0 Å². The van der Waals surface area contributed by atoms with Crippen molar-refractivity contribution in [3.63, 3.8) is 0 Å². The standard InChI is InChI=1S/C17H14INO2/c18-11-3-1-2-4-12(11)19-15(20)13-9-5-6-10(14(13)16(19)21)17(9)7-8-17/h1-6,9-10,13-14H,7-8H2/t9-,10-,13-,14+/m1/s1. The molecule has 4 aliphatic rings. The van der Waals surface area contributed by atoms with Crippen LogP contribution in [0, 0.1) is 32.7 Å². The molecule has 2 amide bonds. The van der Waals surface area contributed by atoms with Crippen LogP contribution in [0.1, 0.15) is 12.8 Å². The van der Waals surface area contributed by atoms with Crippen LogP contribution < -0.4 is 4.90 Å². The van der Waals surface area contributed by atoms with Crippen LogP contribution in [-0.2, 0) is 9.59 Å². The van der Waals surface area contributed by atoms with Gasteiger partial charge in [-0.05, 0) is 64.8 Å². The van der Waals surface area contributed by atoms with Crippen LogP contribution in [-0.4, -0.2) is 11.8 Å². The number of rotatable bonds is 1. The summed E-state index contributed by atoms with van der Waals surface area (Å²) in [6, 6.07) is 7.64. The molecule has 1 aliphatic heterocycles. The molecule has 1 spiro atoms. The summed E-state index contributed by atoms with van der Waals surface area (Å²) >= 11 is 2.20. The highest BCUT2D eigenvalue weighted by Crippen LogP contribution is 2.73. The number of anilines is 1. The lowest BCUT2D eigenvalue weighted by Gasteiger charge is -2.22. The maximum atomic E-state index is 12.9. The average molecular weight is 391 g/mol. The highest BCUT2D eigenvalue weighted by Gasteiger charge is 2.73. The first-order valence-electron chi connectivity index (χ1n) is 7.46. The number of fused-ring (bicyclic) bond motifs is 3. The third-order valence-electron chi connectivity index (χ3n) is 5.95. The Hall–Kier alpha value is -1.17. The number of nitrogens with zero attached hydrogens (tertiary/aromatic N) is 1. The van der Waals surface area contributed by atoms with E-state index in [-0.39, 0.29) is 29.1 Å². The first-order valence-corrected chi connectivity index (χ1v) is 8.54. The van der Waals surface area contributed by atoms with E-state index in [0.717, 1.165) is 9.26 Å². The van der Waals surface area contributed by atoms with Crippen molar-refractivity contribution in [1.29, 1.82) is 0 Å². The summed E-state index contributed by atoms with van der Waals surface area (Å²) in [6.45, 7) is 0. The number of carbonyl (C=O) groups excluding carboxylic acids is 2. The van der Waals surface area contributed by atoms with Gasteiger partial charge in [-0.2, -0.15) is 0 Å². The van der Waals surface area contributed by atoms with E-state index in [1.807, 2.05) is 24.3 Å². The molecule has 1 heterocycles. The van der Waals surface area contributed by atoms with Crippen molar-refractivity contribution < 1.29 is 9.59 Å². The van der Waals surface area contributed by atoms with Crippen LogP contribution in [0.3, 0.4) is 0 Å². The van der Waals surface area contributed by atoms with E-state index in [9.17, 15) is 9.59 Å². The van der Waals surface area contributed by atoms with Crippen LogP contribution in [0.5, 0.6) is 0 Å². The number of halogens is 1. The van der Waals surface area contributed by atoms with Gasteiger partial charge in [0, 0.05) is 3.57 Å². The molecule has 1 aromatic carbocycles. The quantitative estimate of drug-likeness (QED) is 0.420. The summed E-state index contributed by atoms with van der Waals surface area (Å²) in [4.78, 5) is 27.3. The first kappa shape index (κ1) is 12.4. The van der Waals surface area contributed by atoms with Gasteiger partial charge in [0.2, 0.25) is 11.8 Å². The Morgan fingerprint density at radius 1 is 1.00 bits per heavy atom. The molecule has 1 aromatic rings. The highest BCUT2D eigenvalue weighted by molar-refractivity contribution is 14.1. The number of hydrogen-bond donors (Lipinski definition) is 0. The zero-order valence-electron chi connectivity index (χ0n) is 11.3. The van der Waals surface area contributed by atoms with E-state index in [4.69, 9.17) is 0 Å². The van der Waals surface area contributed by atoms with Gasteiger partial charge in [-0.1, -0.05) is 24.3 Å². The summed E-state index contributed by atoms with van der Waals surface area (Å²) in [7, 11) is 0. The summed E-state index contributed by atoms with van der Waals surface area (Å²) < 4.78 is 0.957. The Bertz CT molecular complexity index is 687. The lowest BCUT2D eigenvalue weighted by atomic mass is 9.85. The third kappa shape index (κ3) is 1.31. The topological polar surface area (TPSA) is 37.4 Å². The Morgan fingerprint density at radius 3 is 2.10 bits per heavy atom. The van der Waals surface area contributed by atoms with E-state index < -0.39 is 0 Å². The minimum absolute atomic E-state index is 0.0252. The van der Waals surface area contributed by atoms with Crippen molar-refractivity contribution in [3.05, 3.63) is 40.0 Å². The molecule has 0 N–H and O–H groups in total. The summed E-state index contributed by atoms with van der Waals surface area (Å²) in [5, 5.41) is 0. The number of allylic oxidation sites excluding steroid dienone is 2. The molecule has 2 saturated carbocycles. The lowest BCUT2D eigenvalue weighted by molar-refractivity contribution is -0.123. The molecule has 1 saturated heterocycles. The predicted octanol–water partition coefficient (Wildman–Crippen LogP) is 2.99. The van der Waals surface area contributed by atoms with Crippen molar-refractivity contribution >= 4 is 40.1 Å². The number of amides is 2. The monoisotopic (exact) mass is 391 g/mol. The summed E-state index contributed by atoms with van der Waals surface area (Å²) in [5.74, 6) is 0.442. The van der Waals surface area contributed by atoms with Gasteiger partial charge >= 0.3 is 0 Å². The smallest absolute Gasteiger partial charge is 0.238 e.